The van der Waals surface area contributed by atoms with Crippen molar-refractivity contribution in [3.63, 3.8) is 0 Å². The summed E-state index contributed by atoms with van der Waals surface area (Å²) in [5, 5.41) is 0. The van der Waals surface area contributed by atoms with Crippen molar-refractivity contribution in [1.82, 2.24) is 9.80 Å². The van der Waals surface area contributed by atoms with Crippen LogP contribution in [-0.2, 0) is 16.0 Å². The number of hydrogen-bond acceptors (Lipinski definition) is 3. The summed E-state index contributed by atoms with van der Waals surface area (Å²) >= 11 is 3.28. The molecule has 1 aliphatic rings. The summed E-state index contributed by atoms with van der Waals surface area (Å²) in [6.45, 7) is 7.31. The van der Waals surface area contributed by atoms with Crippen LogP contribution >= 0.6 is 15.9 Å². The summed E-state index contributed by atoms with van der Waals surface area (Å²) in [7, 11) is 0. The van der Waals surface area contributed by atoms with Crippen molar-refractivity contribution in [2.24, 2.45) is 0 Å². The number of carbonyl (C=O) groups is 2. The normalized spacial score (nSPS) is 15.4. The maximum Gasteiger partial charge on any atom is 0.410 e. The number of hydrogen-bond donors (Lipinski definition) is 0. The molecule has 24 heavy (non-hydrogen) atoms. The van der Waals surface area contributed by atoms with E-state index >= 15 is 0 Å². The van der Waals surface area contributed by atoms with Gasteiger partial charge >= 0.3 is 6.09 Å². The Morgan fingerprint density at radius 1 is 1.17 bits per heavy atom. The third kappa shape index (κ3) is 5.19. The van der Waals surface area contributed by atoms with Crippen LogP contribution in [0.25, 0.3) is 0 Å². The maximum absolute atomic E-state index is 13.1. The maximum atomic E-state index is 13.1. The lowest BCUT2D eigenvalue weighted by molar-refractivity contribution is -0.132. The predicted molar refractivity (Wildman–Crippen MR) is 92.2 cm³/mol. The SMILES string of the molecule is CC(C)(C)OC(=O)N1CCN(C(=O)Cc2ccc(F)cc2Br)CC1. The van der Waals surface area contributed by atoms with Gasteiger partial charge in [0.2, 0.25) is 5.91 Å². The first-order valence-electron chi connectivity index (χ1n) is 7.85. The Hall–Kier alpha value is -1.63. The quantitative estimate of drug-likeness (QED) is 0.765. The van der Waals surface area contributed by atoms with Crippen LogP contribution < -0.4 is 0 Å². The first kappa shape index (κ1) is 18.7. The third-order valence-electron chi connectivity index (χ3n) is 3.64. The van der Waals surface area contributed by atoms with Crippen LogP contribution in [-0.4, -0.2) is 53.6 Å². The Labute approximate surface area is 149 Å². The van der Waals surface area contributed by atoms with Crippen molar-refractivity contribution < 1.29 is 18.7 Å². The fourth-order valence-electron chi connectivity index (χ4n) is 2.40. The average Bonchev–Trinajstić information content (AvgIpc) is 2.48. The Morgan fingerprint density at radius 2 is 1.75 bits per heavy atom. The first-order valence-corrected chi connectivity index (χ1v) is 8.64. The fraction of sp³-hybridized carbons (Fsp3) is 0.529. The molecule has 0 spiro atoms. The zero-order chi connectivity index (χ0) is 17.9. The van der Waals surface area contributed by atoms with Gasteiger partial charge < -0.3 is 14.5 Å². The fourth-order valence-corrected chi connectivity index (χ4v) is 2.90. The molecule has 7 heteroatoms. The molecule has 0 unspecified atom stereocenters. The minimum atomic E-state index is -0.529. The molecule has 1 aliphatic heterocycles. The molecule has 2 rings (SSSR count). The second-order valence-electron chi connectivity index (χ2n) is 6.76. The summed E-state index contributed by atoms with van der Waals surface area (Å²) < 4.78 is 19.0. The second kappa shape index (κ2) is 7.51. The van der Waals surface area contributed by atoms with E-state index in [1.54, 1.807) is 15.9 Å². The van der Waals surface area contributed by atoms with Crippen LogP contribution in [0, 0.1) is 5.82 Å². The molecule has 1 aromatic rings. The van der Waals surface area contributed by atoms with Crippen molar-refractivity contribution in [3.05, 3.63) is 34.1 Å². The van der Waals surface area contributed by atoms with Gasteiger partial charge in [-0.25, -0.2) is 9.18 Å². The van der Waals surface area contributed by atoms with Crippen LogP contribution in [0.15, 0.2) is 22.7 Å². The molecule has 0 N–H and O–H groups in total. The van der Waals surface area contributed by atoms with Gasteiger partial charge in [-0.05, 0) is 38.5 Å². The van der Waals surface area contributed by atoms with E-state index in [4.69, 9.17) is 4.74 Å². The molecule has 1 fully saturated rings. The molecule has 0 saturated carbocycles. The van der Waals surface area contributed by atoms with Crippen LogP contribution in [0.5, 0.6) is 0 Å². The summed E-state index contributed by atoms with van der Waals surface area (Å²) in [6.07, 6.45) is -0.149. The molecule has 2 amide bonds. The van der Waals surface area contributed by atoms with Crippen molar-refractivity contribution in [2.75, 3.05) is 26.2 Å². The minimum absolute atomic E-state index is 0.0360. The van der Waals surface area contributed by atoms with E-state index in [0.29, 0.717) is 30.7 Å². The lowest BCUT2D eigenvalue weighted by atomic mass is 10.1. The molecule has 0 aliphatic carbocycles. The zero-order valence-electron chi connectivity index (χ0n) is 14.1. The summed E-state index contributed by atoms with van der Waals surface area (Å²) in [5.41, 5.74) is 0.217. The highest BCUT2D eigenvalue weighted by atomic mass is 79.9. The van der Waals surface area contributed by atoms with Gasteiger partial charge in [-0.2, -0.15) is 0 Å². The number of ether oxygens (including phenoxy) is 1. The summed E-state index contributed by atoms with van der Waals surface area (Å²) in [5.74, 6) is -0.379. The smallest absolute Gasteiger partial charge is 0.410 e. The van der Waals surface area contributed by atoms with Gasteiger partial charge in [-0.3, -0.25) is 4.79 Å². The van der Waals surface area contributed by atoms with Gasteiger partial charge in [-0.1, -0.05) is 22.0 Å². The second-order valence-corrected chi connectivity index (χ2v) is 7.62. The largest absolute Gasteiger partial charge is 0.444 e. The molecule has 0 radical (unpaired) electrons. The molecular weight excluding hydrogens is 379 g/mol. The van der Waals surface area contributed by atoms with Gasteiger partial charge in [0.15, 0.2) is 0 Å². The van der Waals surface area contributed by atoms with Crippen LogP contribution in [0.4, 0.5) is 9.18 Å². The summed E-state index contributed by atoms with van der Waals surface area (Å²) in [6, 6.07) is 4.30. The summed E-state index contributed by atoms with van der Waals surface area (Å²) in [4.78, 5) is 27.7. The van der Waals surface area contributed by atoms with E-state index in [2.05, 4.69) is 15.9 Å². The number of carbonyl (C=O) groups excluding carboxylic acids is 2. The Bertz CT molecular complexity index is 623. The topological polar surface area (TPSA) is 49.9 Å². The number of amides is 2. The Morgan fingerprint density at radius 3 is 2.29 bits per heavy atom. The average molecular weight is 401 g/mol. The number of piperazine rings is 1. The molecule has 132 valence electrons. The van der Waals surface area contributed by atoms with Gasteiger partial charge in [0.25, 0.3) is 0 Å². The molecule has 0 atom stereocenters. The monoisotopic (exact) mass is 400 g/mol. The van der Waals surface area contributed by atoms with E-state index in [-0.39, 0.29) is 24.2 Å². The number of rotatable bonds is 2. The van der Waals surface area contributed by atoms with Gasteiger partial charge in [0.1, 0.15) is 11.4 Å². The molecule has 0 bridgehead atoms. The first-order chi connectivity index (χ1) is 11.2. The van der Waals surface area contributed by atoms with Crippen LogP contribution in [0.2, 0.25) is 0 Å². The Kier molecular flexibility index (Phi) is 5.85. The van der Waals surface area contributed by atoms with Crippen LogP contribution in [0.3, 0.4) is 0 Å². The number of halogens is 2. The molecule has 0 aromatic heterocycles. The molecule has 5 nitrogen and oxygen atoms in total. The van der Waals surface area contributed by atoms with Gasteiger partial charge in [0, 0.05) is 30.7 Å². The lowest BCUT2D eigenvalue weighted by Gasteiger charge is -2.35. The highest BCUT2D eigenvalue weighted by molar-refractivity contribution is 9.10. The third-order valence-corrected chi connectivity index (χ3v) is 4.38. The van der Waals surface area contributed by atoms with E-state index in [1.807, 2.05) is 20.8 Å². The van der Waals surface area contributed by atoms with E-state index < -0.39 is 5.60 Å². The zero-order valence-corrected chi connectivity index (χ0v) is 15.7. The lowest BCUT2D eigenvalue weighted by Crippen LogP contribution is -2.52. The van der Waals surface area contributed by atoms with Gasteiger partial charge in [0.05, 0.1) is 6.42 Å². The van der Waals surface area contributed by atoms with Crippen molar-refractivity contribution >= 4 is 27.9 Å². The van der Waals surface area contributed by atoms with E-state index in [9.17, 15) is 14.0 Å². The number of benzene rings is 1. The van der Waals surface area contributed by atoms with Gasteiger partial charge in [-0.15, -0.1) is 0 Å². The minimum Gasteiger partial charge on any atom is -0.444 e. The molecule has 1 saturated heterocycles. The van der Waals surface area contributed by atoms with Crippen molar-refractivity contribution in [2.45, 2.75) is 32.8 Å². The molecule has 1 heterocycles. The highest BCUT2D eigenvalue weighted by Gasteiger charge is 2.27. The number of nitrogens with zero attached hydrogens (tertiary/aromatic N) is 2. The molecule has 1 aromatic carbocycles. The van der Waals surface area contributed by atoms with E-state index in [1.165, 1.54) is 12.1 Å². The highest BCUT2D eigenvalue weighted by Crippen LogP contribution is 2.20. The Balaban J connectivity index is 1.87. The van der Waals surface area contributed by atoms with Crippen molar-refractivity contribution in [1.29, 1.82) is 0 Å². The van der Waals surface area contributed by atoms with E-state index in [0.717, 1.165) is 5.56 Å². The predicted octanol–water partition coefficient (Wildman–Crippen LogP) is 3.21. The molecular formula is C17H22BrFN2O3. The van der Waals surface area contributed by atoms with Crippen LogP contribution in [0.1, 0.15) is 26.3 Å². The standard InChI is InChI=1S/C17H22BrFN2O3/c1-17(2,3)24-16(23)21-8-6-20(7-9-21)15(22)10-12-4-5-13(19)11-14(12)18/h4-5,11H,6-10H2,1-3H3. The van der Waals surface area contributed by atoms with Crippen molar-refractivity contribution in [3.8, 4) is 0 Å².